The fourth-order valence-corrected chi connectivity index (χ4v) is 3.85. The standard InChI is InChI=1S/C18H26F3NOS/c1-12(22-24(23)17(2,3)4)14-10-7-11-15(16(14)19)18(20,21)13-8-5-6-9-13/h7,10-13,22H,5-6,8-9H2,1-4H3/t12-,24?/m1/s1. The Morgan fingerprint density at radius 2 is 1.79 bits per heavy atom. The molecule has 1 fully saturated rings. The zero-order valence-corrected chi connectivity index (χ0v) is 15.5. The van der Waals surface area contributed by atoms with E-state index in [0.29, 0.717) is 12.8 Å². The van der Waals surface area contributed by atoms with Crippen LogP contribution in [-0.4, -0.2) is 9.30 Å². The number of nitrogens with one attached hydrogen (secondary N) is 1. The molecule has 0 heterocycles. The van der Waals surface area contributed by atoms with Gasteiger partial charge in [-0.1, -0.05) is 31.0 Å². The molecule has 0 amide bonds. The normalized spacial score (nSPS) is 19.5. The minimum Gasteiger partial charge on any atom is -0.598 e. The largest absolute Gasteiger partial charge is 0.598 e. The Morgan fingerprint density at radius 1 is 1.21 bits per heavy atom. The van der Waals surface area contributed by atoms with Crippen LogP contribution in [0.1, 0.15) is 70.5 Å². The van der Waals surface area contributed by atoms with Gasteiger partial charge in [-0.05, 0) is 40.5 Å². The topological polar surface area (TPSA) is 35.1 Å². The van der Waals surface area contributed by atoms with Gasteiger partial charge in [-0.3, -0.25) is 0 Å². The van der Waals surface area contributed by atoms with Crippen LogP contribution in [-0.2, 0) is 17.3 Å². The summed E-state index contributed by atoms with van der Waals surface area (Å²) in [5.41, 5.74) is -0.412. The molecule has 0 bridgehead atoms. The van der Waals surface area contributed by atoms with Gasteiger partial charge in [-0.2, -0.15) is 0 Å². The SMILES string of the molecule is C[C@@H](N[S+]([O-])C(C)(C)C)c1cccc(C(F)(F)C2CCCC2)c1F. The van der Waals surface area contributed by atoms with Gasteiger partial charge in [-0.15, -0.1) is 4.72 Å². The van der Waals surface area contributed by atoms with E-state index in [9.17, 15) is 17.7 Å². The van der Waals surface area contributed by atoms with E-state index in [0.717, 1.165) is 12.8 Å². The zero-order valence-electron chi connectivity index (χ0n) is 14.7. The third-order valence-corrected chi connectivity index (χ3v) is 6.24. The molecule has 1 N–H and O–H groups in total. The average Bonchev–Trinajstić information content (AvgIpc) is 3.01. The third-order valence-electron chi connectivity index (χ3n) is 4.56. The second-order valence-corrected chi connectivity index (χ2v) is 9.53. The lowest BCUT2D eigenvalue weighted by Gasteiger charge is -2.28. The van der Waals surface area contributed by atoms with Gasteiger partial charge in [0.05, 0.1) is 11.6 Å². The van der Waals surface area contributed by atoms with Gasteiger partial charge in [0.2, 0.25) is 0 Å². The Kier molecular flexibility index (Phi) is 5.93. The van der Waals surface area contributed by atoms with Crippen LogP contribution in [0.5, 0.6) is 0 Å². The highest BCUT2D eigenvalue weighted by atomic mass is 32.2. The van der Waals surface area contributed by atoms with Crippen molar-refractivity contribution in [2.24, 2.45) is 5.92 Å². The smallest absolute Gasteiger partial charge is 0.278 e. The van der Waals surface area contributed by atoms with Crippen molar-refractivity contribution in [1.29, 1.82) is 0 Å². The van der Waals surface area contributed by atoms with Crippen molar-refractivity contribution in [3.63, 3.8) is 0 Å². The summed E-state index contributed by atoms with van der Waals surface area (Å²) in [4.78, 5) is 0. The Balaban J connectivity index is 2.27. The van der Waals surface area contributed by atoms with E-state index >= 15 is 0 Å². The van der Waals surface area contributed by atoms with Gasteiger partial charge in [-0.25, -0.2) is 13.2 Å². The fraction of sp³-hybridized carbons (Fsp3) is 0.667. The van der Waals surface area contributed by atoms with Crippen molar-refractivity contribution in [3.05, 3.63) is 35.1 Å². The van der Waals surface area contributed by atoms with Crippen LogP contribution in [0.15, 0.2) is 18.2 Å². The van der Waals surface area contributed by atoms with Crippen LogP contribution in [0.25, 0.3) is 0 Å². The highest BCUT2D eigenvalue weighted by molar-refractivity contribution is 7.90. The first kappa shape index (κ1) is 19.6. The van der Waals surface area contributed by atoms with Crippen LogP contribution in [0.3, 0.4) is 0 Å². The summed E-state index contributed by atoms with van der Waals surface area (Å²) in [6.07, 6.45) is 2.39. The third kappa shape index (κ3) is 4.09. The predicted octanol–water partition coefficient (Wildman–Crippen LogP) is 5.22. The number of benzene rings is 1. The second kappa shape index (κ2) is 7.26. The van der Waals surface area contributed by atoms with E-state index in [1.807, 2.05) is 0 Å². The summed E-state index contributed by atoms with van der Waals surface area (Å²) < 4.78 is 58.7. The molecule has 2 rings (SSSR count). The van der Waals surface area contributed by atoms with E-state index in [-0.39, 0.29) is 5.56 Å². The van der Waals surface area contributed by atoms with Gasteiger partial charge in [0.25, 0.3) is 5.92 Å². The molecular weight excluding hydrogens is 335 g/mol. The van der Waals surface area contributed by atoms with Crippen molar-refractivity contribution in [2.75, 3.05) is 0 Å². The molecule has 0 spiro atoms. The molecule has 0 saturated heterocycles. The molecule has 24 heavy (non-hydrogen) atoms. The van der Waals surface area contributed by atoms with Crippen LogP contribution in [0, 0.1) is 11.7 Å². The van der Waals surface area contributed by atoms with Crippen LogP contribution >= 0.6 is 0 Å². The quantitative estimate of drug-likeness (QED) is 0.730. The summed E-state index contributed by atoms with van der Waals surface area (Å²) in [6.45, 7) is 7.02. The van der Waals surface area contributed by atoms with Crippen molar-refractivity contribution in [3.8, 4) is 0 Å². The number of hydrogen-bond donors (Lipinski definition) is 1. The maximum Gasteiger partial charge on any atom is 0.278 e. The van der Waals surface area contributed by atoms with Crippen molar-refractivity contribution < 1.29 is 17.7 Å². The molecule has 1 aliphatic carbocycles. The maximum atomic E-state index is 14.8. The van der Waals surface area contributed by atoms with Crippen LogP contribution < -0.4 is 4.72 Å². The van der Waals surface area contributed by atoms with Crippen molar-refractivity contribution in [2.45, 2.75) is 70.1 Å². The lowest BCUT2D eigenvalue weighted by atomic mass is 9.91. The van der Waals surface area contributed by atoms with E-state index in [4.69, 9.17) is 0 Å². The van der Waals surface area contributed by atoms with Gasteiger partial charge >= 0.3 is 0 Å². The number of halogens is 3. The first-order chi connectivity index (χ1) is 11.0. The highest BCUT2D eigenvalue weighted by Gasteiger charge is 2.45. The first-order valence-corrected chi connectivity index (χ1v) is 9.55. The monoisotopic (exact) mass is 361 g/mol. The Morgan fingerprint density at radius 3 is 2.33 bits per heavy atom. The molecule has 2 nitrogen and oxygen atoms in total. The maximum absolute atomic E-state index is 14.8. The fourth-order valence-electron chi connectivity index (χ4n) is 3.05. The Hall–Kier alpha value is -0.720. The molecule has 1 saturated carbocycles. The zero-order chi connectivity index (χ0) is 18.1. The summed E-state index contributed by atoms with van der Waals surface area (Å²) in [6, 6.07) is 3.48. The molecule has 2 atom stereocenters. The minimum absolute atomic E-state index is 0.128. The average molecular weight is 361 g/mol. The van der Waals surface area contributed by atoms with E-state index in [1.54, 1.807) is 27.7 Å². The van der Waals surface area contributed by atoms with Gasteiger partial charge in [0.1, 0.15) is 10.6 Å². The molecule has 1 unspecified atom stereocenters. The highest BCUT2D eigenvalue weighted by Crippen LogP contribution is 2.46. The lowest BCUT2D eigenvalue weighted by molar-refractivity contribution is -0.0655. The van der Waals surface area contributed by atoms with Crippen molar-refractivity contribution in [1.82, 2.24) is 4.72 Å². The van der Waals surface area contributed by atoms with Crippen LogP contribution in [0.4, 0.5) is 13.2 Å². The molecule has 1 aliphatic rings. The Labute approximate surface area is 145 Å². The summed E-state index contributed by atoms with van der Waals surface area (Å²) in [7, 11) is 0. The first-order valence-electron chi connectivity index (χ1n) is 8.40. The predicted molar refractivity (Wildman–Crippen MR) is 91.7 cm³/mol. The van der Waals surface area contributed by atoms with Crippen molar-refractivity contribution >= 4 is 11.4 Å². The molecule has 0 aliphatic heterocycles. The Bertz CT molecular complexity index is 568. The molecule has 0 radical (unpaired) electrons. The molecule has 1 aromatic carbocycles. The molecule has 136 valence electrons. The van der Waals surface area contributed by atoms with E-state index in [2.05, 4.69) is 4.72 Å². The lowest BCUT2D eigenvalue weighted by Crippen LogP contribution is -2.40. The van der Waals surface area contributed by atoms with Crippen LogP contribution in [0.2, 0.25) is 0 Å². The summed E-state index contributed by atoms with van der Waals surface area (Å²) in [5, 5.41) is 0. The molecule has 0 aromatic heterocycles. The minimum atomic E-state index is -3.17. The van der Waals surface area contributed by atoms with E-state index < -0.39 is 45.4 Å². The molecule has 6 heteroatoms. The van der Waals surface area contributed by atoms with Gasteiger partial charge in [0.15, 0.2) is 0 Å². The number of alkyl halides is 2. The molecular formula is C18H26F3NOS. The summed E-state index contributed by atoms with van der Waals surface area (Å²) >= 11 is -1.41. The molecule has 1 aromatic rings. The van der Waals surface area contributed by atoms with Gasteiger partial charge in [0, 0.05) is 22.8 Å². The van der Waals surface area contributed by atoms with E-state index in [1.165, 1.54) is 18.2 Å². The van der Waals surface area contributed by atoms with Gasteiger partial charge < -0.3 is 4.55 Å². The second-order valence-electron chi connectivity index (χ2n) is 7.53. The summed E-state index contributed by atoms with van der Waals surface area (Å²) in [5.74, 6) is -4.85. The number of hydrogen-bond acceptors (Lipinski definition) is 2. The number of rotatable bonds is 5.